The van der Waals surface area contributed by atoms with Crippen LogP contribution in [-0.4, -0.2) is 34.7 Å². The minimum Gasteiger partial charge on any atom is -0.345 e. The highest BCUT2D eigenvalue weighted by Crippen LogP contribution is 2.20. The fourth-order valence-corrected chi connectivity index (χ4v) is 1.78. The van der Waals surface area contributed by atoms with Gasteiger partial charge in [-0.2, -0.15) is 5.10 Å². The fourth-order valence-electron chi connectivity index (χ4n) is 1.78. The Balaban J connectivity index is 2.35. The highest BCUT2D eigenvalue weighted by Gasteiger charge is 2.09. The second-order valence-corrected chi connectivity index (χ2v) is 4.37. The average molecular weight is 243 g/mol. The third-order valence-electron chi connectivity index (χ3n) is 2.81. The van der Waals surface area contributed by atoms with Gasteiger partial charge in [-0.15, -0.1) is 0 Å². The van der Waals surface area contributed by atoms with Crippen molar-refractivity contribution in [3.63, 3.8) is 0 Å². The molecular weight excluding hydrogens is 226 g/mol. The molecule has 4 nitrogen and oxygen atoms in total. The molecule has 1 amide bonds. The Morgan fingerprint density at radius 2 is 2.11 bits per heavy atom. The Morgan fingerprint density at radius 1 is 1.33 bits per heavy atom. The molecule has 4 heteroatoms. The van der Waals surface area contributed by atoms with Crippen LogP contribution in [0.15, 0.2) is 36.7 Å². The molecule has 94 valence electrons. The smallest absolute Gasteiger partial charge is 0.253 e. The van der Waals surface area contributed by atoms with Gasteiger partial charge in [0.15, 0.2) is 0 Å². The van der Waals surface area contributed by atoms with Crippen molar-refractivity contribution in [2.45, 2.75) is 13.5 Å². The summed E-state index contributed by atoms with van der Waals surface area (Å²) < 4.78 is 1.87. The highest BCUT2D eigenvalue weighted by atomic mass is 16.2. The molecule has 0 aliphatic heterocycles. The van der Waals surface area contributed by atoms with Crippen molar-refractivity contribution in [3.05, 3.63) is 42.2 Å². The van der Waals surface area contributed by atoms with E-state index in [1.54, 1.807) is 19.0 Å². The first kappa shape index (κ1) is 12.4. The van der Waals surface area contributed by atoms with E-state index in [4.69, 9.17) is 0 Å². The number of carbonyl (C=O) groups excluding carboxylic acids is 1. The first-order valence-corrected chi connectivity index (χ1v) is 5.96. The Bertz CT molecular complexity index is 558. The Hall–Kier alpha value is -2.10. The minimum atomic E-state index is 0.0136. The van der Waals surface area contributed by atoms with Gasteiger partial charge in [0.2, 0.25) is 0 Å². The summed E-state index contributed by atoms with van der Waals surface area (Å²) in [5.74, 6) is 0.0136. The van der Waals surface area contributed by atoms with Gasteiger partial charge < -0.3 is 4.90 Å². The summed E-state index contributed by atoms with van der Waals surface area (Å²) in [5.41, 5.74) is 2.74. The monoisotopic (exact) mass is 243 g/mol. The lowest BCUT2D eigenvalue weighted by molar-refractivity contribution is 0.0827. The topological polar surface area (TPSA) is 38.1 Å². The van der Waals surface area contributed by atoms with Crippen molar-refractivity contribution in [2.24, 2.45) is 0 Å². The van der Waals surface area contributed by atoms with Gasteiger partial charge in [-0.3, -0.25) is 9.48 Å². The quantitative estimate of drug-likeness (QED) is 0.829. The van der Waals surface area contributed by atoms with Gasteiger partial charge in [-0.25, -0.2) is 0 Å². The first-order chi connectivity index (χ1) is 8.61. The molecule has 1 aromatic carbocycles. The molecule has 0 bridgehead atoms. The van der Waals surface area contributed by atoms with Gasteiger partial charge in [-0.1, -0.05) is 12.1 Å². The third-order valence-corrected chi connectivity index (χ3v) is 2.81. The van der Waals surface area contributed by atoms with E-state index in [1.807, 2.05) is 48.3 Å². The van der Waals surface area contributed by atoms with Crippen LogP contribution in [0.4, 0.5) is 0 Å². The van der Waals surface area contributed by atoms with Crippen molar-refractivity contribution < 1.29 is 4.79 Å². The maximum Gasteiger partial charge on any atom is 0.253 e. The molecular formula is C14H17N3O. The van der Waals surface area contributed by atoms with E-state index in [0.717, 1.165) is 17.7 Å². The van der Waals surface area contributed by atoms with Gasteiger partial charge in [0.1, 0.15) is 0 Å². The lowest BCUT2D eigenvalue weighted by Gasteiger charge is -2.10. The molecule has 0 aliphatic carbocycles. The Kier molecular flexibility index (Phi) is 3.46. The second kappa shape index (κ2) is 5.04. The van der Waals surface area contributed by atoms with Gasteiger partial charge >= 0.3 is 0 Å². The largest absolute Gasteiger partial charge is 0.345 e. The van der Waals surface area contributed by atoms with E-state index >= 15 is 0 Å². The number of rotatable bonds is 3. The van der Waals surface area contributed by atoms with E-state index in [0.29, 0.717) is 5.56 Å². The van der Waals surface area contributed by atoms with E-state index in [9.17, 15) is 4.79 Å². The van der Waals surface area contributed by atoms with Crippen molar-refractivity contribution in [3.8, 4) is 11.1 Å². The van der Waals surface area contributed by atoms with Gasteiger partial charge in [-0.05, 0) is 24.6 Å². The van der Waals surface area contributed by atoms with E-state index in [1.165, 1.54) is 0 Å². The Morgan fingerprint density at radius 3 is 2.72 bits per heavy atom. The summed E-state index contributed by atoms with van der Waals surface area (Å²) in [6.45, 7) is 2.89. The molecule has 0 fully saturated rings. The van der Waals surface area contributed by atoms with Crippen molar-refractivity contribution in [1.29, 1.82) is 0 Å². The van der Waals surface area contributed by atoms with Crippen molar-refractivity contribution in [1.82, 2.24) is 14.7 Å². The number of aromatic nitrogens is 2. The van der Waals surface area contributed by atoms with Crippen LogP contribution >= 0.6 is 0 Å². The molecule has 0 aliphatic rings. The predicted octanol–water partition coefficient (Wildman–Crippen LogP) is 2.27. The van der Waals surface area contributed by atoms with Crippen molar-refractivity contribution in [2.75, 3.05) is 14.1 Å². The molecule has 0 atom stereocenters. The van der Waals surface area contributed by atoms with Crippen LogP contribution in [0.3, 0.4) is 0 Å². The molecule has 0 radical (unpaired) electrons. The zero-order chi connectivity index (χ0) is 13.1. The van der Waals surface area contributed by atoms with Crippen LogP contribution in [0.5, 0.6) is 0 Å². The normalized spacial score (nSPS) is 10.4. The third kappa shape index (κ3) is 2.42. The molecule has 0 spiro atoms. The lowest BCUT2D eigenvalue weighted by atomic mass is 10.1. The Labute approximate surface area is 107 Å². The van der Waals surface area contributed by atoms with E-state index in [-0.39, 0.29) is 5.91 Å². The summed E-state index contributed by atoms with van der Waals surface area (Å²) in [4.78, 5) is 13.5. The molecule has 0 saturated carbocycles. The summed E-state index contributed by atoms with van der Waals surface area (Å²) >= 11 is 0. The zero-order valence-electron chi connectivity index (χ0n) is 10.9. The van der Waals surface area contributed by atoms with Gasteiger partial charge in [0, 0.05) is 38.0 Å². The number of aryl methyl sites for hydroxylation is 1. The van der Waals surface area contributed by atoms with Gasteiger partial charge in [0.05, 0.1) is 6.20 Å². The van der Waals surface area contributed by atoms with Crippen LogP contribution < -0.4 is 0 Å². The molecule has 0 unspecified atom stereocenters. The predicted molar refractivity (Wildman–Crippen MR) is 71.4 cm³/mol. The SMILES string of the molecule is CCn1cc(-c2cccc(C(=O)N(C)C)c2)cn1. The van der Waals surface area contributed by atoms with Crippen LogP contribution in [0.2, 0.25) is 0 Å². The standard InChI is InChI=1S/C14H17N3O/c1-4-17-10-13(9-15-17)11-6-5-7-12(8-11)14(18)16(2)3/h5-10H,4H2,1-3H3. The first-order valence-electron chi connectivity index (χ1n) is 5.96. The highest BCUT2D eigenvalue weighted by molar-refractivity contribution is 5.95. The number of nitrogens with zero attached hydrogens (tertiary/aromatic N) is 3. The van der Waals surface area contributed by atoms with Crippen molar-refractivity contribution >= 4 is 5.91 Å². The molecule has 0 saturated heterocycles. The fraction of sp³-hybridized carbons (Fsp3) is 0.286. The maximum absolute atomic E-state index is 11.9. The summed E-state index contributed by atoms with van der Waals surface area (Å²) in [6.07, 6.45) is 3.81. The average Bonchev–Trinajstić information content (AvgIpc) is 2.86. The number of amides is 1. The number of hydrogen-bond donors (Lipinski definition) is 0. The van der Waals surface area contributed by atoms with Crippen LogP contribution in [0, 0.1) is 0 Å². The molecule has 1 heterocycles. The van der Waals surface area contributed by atoms with Crippen LogP contribution in [0.1, 0.15) is 17.3 Å². The van der Waals surface area contributed by atoms with E-state index < -0.39 is 0 Å². The van der Waals surface area contributed by atoms with Crippen LogP contribution in [0.25, 0.3) is 11.1 Å². The second-order valence-electron chi connectivity index (χ2n) is 4.37. The number of benzene rings is 1. The lowest BCUT2D eigenvalue weighted by Crippen LogP contribution is -2.21. The molecule has 0 N–H and O–H groups in total. The molecule has 1 aromatic heterocycles. The summed E-state index contributed by atoms with van der Waals surface area (Å²) in [7, 11) is 3.51. The van der Waals surface area contributed by atoms with E-state index in [2.05, 4.69) is 5.10 Å². The maximum atomic E-state index is 11.9. The zero-order valence-corrected chi connectivity index (χ0v) is 10.9. The summed E-state index contributed by atoms with van der Waals surface area (Å²) in [6, 6.07) is 7.62. The number of carbonyl (C=O) groups is 1. The minimum absolute atomic E-state index is 0.0136. The molecule has 2 aromatic rings. The summed E-state index contributed by atoms with van der Waals surface area (Å²) in [5, 5.41) is 4.24. The molecule has 18 heavy (non-hydrogen) atoms. The van der Waals surface area contributed by atoms with Crippen LogP contribution in [-0.2, 0) is 6.54 Å². The molecule has 2 rings (SSSR count). The number of hydrogen-bond acceptors (Lipinski definition) is 2. The van der Waals surface area contributed by atoms with Gasteiger partial charge in [0.25, 0.3) is 5.91 Å².